The van der Waals surface area contributed by atoms with Crippen LogP contribution in [0.2, 0.25) is 0 Å². The number of ether oxygens (including phenoxy) is 2. The van der Waals surface area contributed by atoms with Crippen LogP contribution in [0.3, 0.4) is 0 Å². The molecule has 3 N–H and O–H groups in total. The van der Waals surface area contributed by atoms with Crippen LogP contribution in [0.4, 0.5) is 5.82 Å². The van der Waals surface area contributed by atoms with E-state index in [0.29, 0.717) is 36.6 Å². The summed E-state index contributed by atoms with van der Waals surface area (Å²) in [4.78, 5) is 33.2. The summed E-state index contributed by atoms with van der Waals surface area (Å²) in [6.07, 6.45) is 3.92. The SMILES string of the molecule is N#Cc1cccc(-c2nc(N)c(C(=O)NOCc3nccn3C(c3ccccc3)(c3ccccc3)c3ccccc3)c(OC3CCOC3)n2)c1. The van der Waals surface area contributed by atoms with E-state index < -0.39 is 11.4 Å². The summed E-state index contributed by atoms with van der Waals surface area (Å²) in [5.74, 6) is -0.0351. The molecule has 4 aromatic carbocycles. The molecule has 1 aliphatic heterocycles. The molecule has 6 aromatic rings. The van der Waals surface area contributed by atoms with Crippen LogP contribution in [0, 0.1) is 11.3 Å². The standard InChI is InChI=1S/C39H33N7O4/c40-24-27-11-10-12-28(23-27)36-43-35(41)34(38(44-36)50-32-19-22-48-25-32)37(47)45-49-26-33-42-20-21-46(33)39(29-13-4-1-5-14-29,30-15-6-2-7-16-30)31-17-8-3-9-18-31/h1-18,20-21,23,32H,19,22,25-26H2,(H,45,47)(H2,41,43,44). The molecular formula is C39H33N7O4. The summed E-state index contributed by atoms with van der Waals surface area (Å²) < 4.78 is 13.7. The Bertz CT molecular complexity index is 2030. The quantitative estimate of drug-likeness (QED) is 0.132. The van der Waals surface area contributed by atoms with Crippen molar-refractivity contribution in [1.82, 2.24) is 25.0 Å². The first-order valence-electron chi connectivity index (χ1n) is 16.1. The average molecular weight is 664 g/mol. The lowest BCUT2D eigenvalue weighted by Crippen LogP contribution is -2.39. The van der Waals surface area contributed by atoms with Gasteiger partial charge in [-0.1, -0.05) is 103 Å². The zero-order valence-electron chi connectivity index (χ0n) is 27.0. The van der Waals surface area contributed by atoms with Crippen molar-refractivity contribution < 1.29 is 19.1 Å². The van der Waals surface area contributed by atoms with E-state index in [-0.39, 0.29) is 35.8 Å². The van der Waals surface area contributed by atoms with E-state index in [9.17, 15) is 10.1 Å². The van der Waals surface area contributed by atoms with Crippen molar-refractivity contribution >= 4 is 11.7 Å². The van der Waals surface area contributed by atoms with E-state index >= 15 is 0 Å². The molecule has 1 fully saturated rings. The Morgan fingerprint density at radius 3 is 2.20 bits per heavy atom. The van der Waals surface area contributed by atoms with E-state index in [0.717, 1.165) is 16.7 Å². The van der Waals surface area contributed by atoms with Gasteiger partial charge in [0, 0.05) is 24.4 Å². The lowest BCUT2D eigenvalue weighted by molar-refractivity contribution is 0.0190. The number of aromatic nitrogens is 4. The number of nitrogen functional groups attached to an aromatic ring is 1. The Hall–Kier alpha value is -6.35. The van der Waals surface area contributed by atoms with Gasteiger partial charge in [0.05, 0.1) is 24.8 Å². The second kappa shape index (κ2) is 14.4. The second-order valence-corrected chi connectivity index (χ2v) is 11.7. The minimum Gasteiger partial charge on any atom is -0.471 e. The number of imidazole rings is 1. The predicted octanol–water partition coefficient (Wildman–Crippen LogP) is 5.66. The lowest BCUT2D eigenvalue weighted by Gasteiger charge is -2.38. The number of carbonyl (C=O) groups is 1. The first-order valence-corrected chi connectivity index (χ1v) is 16.1. The first-order chi connectivity index (χ1) is 24.6. The molecule has 1 atom stereocenters. The smallest absolute Gasteiger partial charge is 0.284 e. The number of nitrogens with two attached hydrogens (primary N) is 1. The number of rotatable bonds is 11. The fourth-order valence-electron chi connectivity index (χ4n) is 6.30. The summed E-state index contributed by atoms with van der Waals surface area (Å²) in [7, 11) is 0. The van der Waals surface area contributed by atoms with E-state index in [1.807, 2.05) is 60.8 Å². The minimum atomic E-state index is -0.815. The molecule has 50 heavy (non-hydrogen) atoms. The molecule has 3 heterocycles. The molecule has 248 valence electrons. The van der Waals surface area contributed by atoms with Gasteiger partial charge in [-0.05, 0) is 28.8 Å². The van der Waals surface area contributed by atoms with Gasteiger partial charge in [0.25, 0.3) is 5.91 Å². The Morgan fingerprint density at radius 2 is 1.60 bits per heavy atom. The van der Waals surface area contributed by atoms with Gasteiger partial charge in [-0.3, -0.25) is 9.63 Å². The van der Waals surface area contributed by atoms with Gasteiger partial charge in [0.15, 0.2) is 5.82 Å². The Labute approximate surface area is 288 Å². The Kier molecular flexibility index (Phi) is 9.28. The highest BCUT2D eigenvalue weighted by Crippen LogP contribution is 2.41. The highest BCUT2D eigenvalue weighted by molar-refractivity contribution is 6.00. The molecular weight excluding hydrogens is 630 g/mol. The van der Waals surface area contributed by atoms with Gasteiger partial charge in [-0.15, -0.1) is 0 Å². The maximum absolute atomic E-state index is 13.7. The minimum absolute atomic E-state index is 0.00999. The summed E-state index contributed by atoms with van der Waals surface area (Å²) in [6.45, 7) is 0.783. The van der Waals surface area contributed by atoms with E-state index in [1.54, 1.807) is 30.5 Å². The molecule has 0 spiro atoms. The number of hydrogen-bond donors (Lipinski definition) is 2. The van der Waals surface area contributed by atoms with Crippen molar-refractivity contribution in [1.29, 1.82) is 5.26 Å². The number of nitrogens with one attached hydrogen (secondary N) is 1. The van der Waals surface area contributed by atoms with Crippen molar-refractivity contribution in [2.75, 3.05) is 18.9 Å². The van der Waals surface area contributed by atoms with E-state index in [1.165, 1.54) is 0 Å². The van der Waals surface area contributed by atoms with Crippen LogP contribution in [0.15, 0.2) is 128 Å². The van der Waals surface area contributed by atoms with Crippen molar-refractivity contribution in [3.8, 4) is 23.3 Å². The molecule has 11 heteroatoms. The van der Waals surface area contributed by atoms with Crippen molar-refractivity contribution in [2.24, 2.45) is 0 Å². The summed E-state index contributed by atoms with van der Waals surface area (Å²) >= 11 is 0. The van der Waals surface area contributed by atoms with Gasteiger partial charge >= 0.3 is 0 Å². The van der Waals surface area contributed by atoms with Gasteiger partial charge in [-0.25, -0.2) is 15.4 Å². The number of anilines is 1. The molecule has 1 saturated heterocycles. The summed E-state index contributed by atoms with van der Waals surface area (Å²) in [5, 5.41) is 9.38. The maximum atomic E-state index is 13.7. The zero-order valence-corrected chi connectivity index (χ0v) is 27.0. The van der Waals surface area contributed by atoms with Gasteiger partial charge < -0.3 is 19.8 Å². The van der Waals surface area contributed by atoms with E-state index in [4.69, 9.17) is 20.0 Å². The number of amides is 1. The van der Waals surface area contributed by atoms with Crippen LogP contribution in [0.25, 0.3) is 11.4 Å². The molecule has 0 saturated carbocycles. The number of nitriles is 1. The zero-order chi connectivity index (χ0) is 34.3. The van der Waals surface area contributed by atoms with E-state index in [2.05, 4.69) is 67.5 Å². The van der Waals surface area contributed by atoms with Crippen LogP contribution >= 0.6 is 0 Å². The monoisotopic (exact) mass is 663 g/mol. The molecule has 0 radical (unpaired) electrons. The fraction of sp³-hybridized carbons (Fsp3) is 0.154. The number of nitrogens with zero attached hydrogens (tertiary/aromatic N) is 5. The van der Waals surface area contributed by atoms with Gasteiger partial charge in [0.1, 0.15) is 35.5 Å². The molecule has 0 bridgehead atoms. The Balaban J connectivity index is 1.21. The Morgan fingerprint density at radius 1 is 0.940 bits per heavy atom. The van der Waals surface area contributed by atoms with Crippen LogP contribution in [0.5, 0.6) is 5.88 Å². The van der Waals surface area contributed by atoms with Crippen LogP contribution in [-0.2, 0) is 21.7 Å². The highest BCUT2D eigenvalue weighted by Gasteiger charge is 2.39. The van der Waals surface area contributed by atoms with Crippen molar-refractivity contribution in [3.63, 3.8) is 0 Å². The molecule has 2 aromatic heterocycles. The lowest BCUT2D eigenvalue weighted by atomic mass is 9.76. The van der Waals surface area contributed by atoms with Crippen LogP contribution < -0.4 is 16.0 Å². The van der Waals surface area contributed by atoms with Gasteiger partial charge in [0.2, 0.25) is 5.88 Å². The summed E-state index contributed by atoms with van der Waals surface area (Å²) in [6, 6.07) is 39.5. The normalized spacial score (nSPS) is 14.2. The van der Waals surface area contributed by atoms with Crippen molar-refractivity contribution in [2.45, 2.75) is 24.7 Å². The highest BCUT2D eigenvalue weighted by atomic mass is 16.7. The topological polar surface area (TPSA) is 150 Å². The predicted molar refractivity (Wildman–Crippen MR) is 186 cm³/mol. The van der Waals surface area contributed by atoms with Gasteiger partial charge in [-0.2, -0.15) is 10.2 Å². The first kappa shape index (κ1) is 32.2. The second-order valence-electron chi connectivity index (χ2n) is 11.7. The number of carbonyl (C=O) groups excluding carboxylic acids is 1. The third kappa shape index (κ3) is 6.28. The maximum Gasteiger partial charge on any atom is 0.284 e. The largest absolute Gasteiger partial charge is 0.471 e. The number of hydroxylamine groups is 1. The van der Waals surface area contributed by atoms with Crippen molar-refractivity contribution in [3.05, 3.63) is 161 Å². The molecule has 1 amide bonds. The molecule has 0 aliphatic carbocycles. The molecule has 1 aliphatic rings. The summed E-state index contributed by atoms with van der Waals surface area (Å²) in [5.41, 5.74) is 12.0. The molecule has 1 unspecified atom stereocenters. The number of hydrogen-bond acceptors (Lipinski definition) is 9. The third-order valence-electron chi connectivity index (χ3n) is 8.57. The van der Waals surface area contributed by atoms with Crippen LogP contribution in [0.1, 0.15) is 44.9 Å². The fourth-order valence-corrected chi connectivity index (χ4v) is 6.30. The molecule has 11 nitrogen and oxygen atoms in total. The number of benzene rings is 4. The molecule has 7 rings (SSSR count). The third-order valence-corrected chi connectivity index (χ3v) is 8.57. The average Bonchev–Trinajstić information content (AvgIpc) is 3.86. The van der Waals surface area contributed by atoms with Crippen LogP contribution in [-0.4, -0.2) is 44.7 Å².